The molecule has 0 fully saturated rings. The molecule has 0 radical (unpaired) electrons. The summed E-state index contributed by atoms with van der Waals surface area (Å²) in [6, 6.07) is 12.7. The van der Waals surface area contributed by atoms with Gasteiger partial charge in [-0.15, -0.1) is 0 Å². The summed E-state index contributed by atoms with van der Waals surface area (Å²) in [6.07, 6.45) is 0.602. The highest BCUT2D eigenvalue weighted by Gasteiger charge is 2.15. The lowest BCUT2D eigenvalue weighted by atomic mass is 10.2. The van der Waals surface area contributed by atoms with E-state index in [4.69, 9.17) is 11.6 Å². The molecule has 0 aliphatic heterocycles. The number of hydrogen-bond donors (Lipinski definition) is 1. The maximum Gasteiger partial charge on any atom is 0.240 e. The molecule has 0 aliphatic carbocycles. The van der Waals surface area contributed by atoms with Crippen LogP contribution in [0.3, 0.4) is 0 Å². The number of aryl methyl sites for hydroxylation is 2. The van der Waals surface area contributed by atoms with Crippen LogP contribution in [0.1, 0.15) is 16.7 Å². The van der Waals surface area contributed by atoms with E-state index in [1.807, 2.05) is 31.2 Å². The molecule has 0 spiro atoms. The van der Waals surface area contributed by atoms with E-state index in [2.05, 4.69) is 4.72 Å². The van der Waals surface area contributed by atoms with Gasteiger partial charge >= 0.3 is 0 Å². The summed E-state index contributed by atoms with van der Waals surface area (Å²) >= 11 is 5.91. The largest absolute Gasteiger partial charge is 0.240 e. The van der Waals surface area contributed by atoms with Crippen LogP contribution in [0, 0.1) is 13.8 Å². The molecule has 0 amide bonds. The molecule has 0 atom stereocenters. The van der Waals surface area contributed by atoms with Crippen molar-refractivity contribution in [2.75, 3.05) is 6.54 Å². The molecule has 2 aromatic rings. The molecule has 0 aliphatic rings. The molecule has 0 saturated carbocycles. The standard InChI is InChI=1S/C16H18ClNO2S/c1-12-6-7-16(13(2)10-12)21(19,20)18-9-8-14-4-3-5-15(17)11-14/h3-7,10-11,18H,8-9H2,1-2H3. The summed E-state index contributed by atoms with van der Waals surface area (Å²) in [6.45, 7) is 4.09. The van der Waals surface area contributed by atoms with Crippen molar-refractivity contribution in [2.24, 2.45) is 0 Å². The van der Waals surface area contributed by atoms with Crippen LogP contribution in [0.25, 0.3) is 0 Å². The van der Waals surface area contributed by atoms with Crippen LogP contribution in [0.2, 0.25) is 5.02 Å². The van der Waals surface area contributed by atoms with Crippen molar-refractivity contribution in [3.63, 3.8) is 0 Å². The molecule has 5 heteroatoms. The Morgan fingerprint density at radius 2 is 1.86 bits per heavy atom. The Kier molecular flexibility index (Phi) is 5.04. The minimum Gasteiger partial charge on any atom is -0.211 e. The van der Waals surface area contributed by atoms with Crippen molar-refractivity contribution in [3.8, 4) is 0 Å². The van der Waals surface area contributed by atoms with Crippen LogP contribution < -0.4 is 4.72 Å². The van der Waals surface area contributed by atoms with Gasteiger partial charge < -0.3 is 0 Å². The van der Waals surface area contributed by atoms with Gasteiger partial charge in [0, 0.05) is 11.6 Å². The Morgan fingerprint density at radius 1 is 1.10 bits per heavy atom. The second kappa shape index (κ2) is 6.60. The summed E-state index contributed by atoms with van der Waals surface area (Å²) in [7, 11) is -3.47. The average Bonchev–Trinajstić information content (AvgIpc) is 2.38. The van der Waals surface area contributed by atoms with E-state index in [1.54, 1.807) is 25.1 Å². The third kappa shape index (κ3) is 4.30. The van der Waals surface area contributed by atoms with Crippen molar-refractivity contribution in [1.29, 1.82) is 0 Å². The van der Waals surface area contributed by atoms with Gasteiger partial charge in [-0.3, -0.25) is 0 Å². The van der Waals surface area contributed by atoms with Crippen LogP contribution >= 0.6 is 11.6 Å². The molecule has 0 unspecified atom stereocenters. The van der Waals surface area contributed by atoms with Gasteiger partial charge in [0.2, 0.25) is 10.0 Å². The third-order valence-corrected chi connectivity index (χ3v) is 5.07. The topological polar surface area (TPSA) is 46.2 Å². The number of nitrogens with one attached hydrogen (secondary N) is 1. The van der Waals surface area contributed by atoms with E-state index < -0.39 is 10.0 Å². The summed E-state index contributed by atoms with van der Waals surface area (Å²) in [4.78, 5) is 0.333. The Morgan fingerprint density at radius 3 is 2.52 bits per heavy atom. The van der Waals surface area contributed by atoms with E-state index in [-0.39, 0.29) is 0 Å². The van der Waals surface area contributed by atoms with Gasteiger partial charge in [0.15, 0.2) is 0 Å². The van der Waals surface area contributed by atoms with Crippen LogP contribution in [0.4, 0.5) is 0 Å². The number of rotatable bonds is 5. The fourth-order valence-corrected chi connectivity index (χ4v) is 3.67. The molecule has 0 aromatic heterocycles. The van der Waals surface area contributed by atoms with Gasteiger partial charge in [-0.1, -0.05) is 41.4 Å². The maximum absolute atomic E-state index is 12.3. The van der Waals surface area contributed by atoms with Gasteiger partial charge in [0.1, 0.15) is 0 Å². The zero-order chi connectivity index (χ0) is 15.5. The SMILES string of the molecule is Cc1ccc(S(=O)(=O)NCCc2cccc(Cl)c2)c(C)c1. The first-order chi connectivity index (χ1) is 9.88. The molecule has 0 saturated heterocycles. The molecule has 21 heavy (non-hydrogen) atoms. The third-order valence-electron chi connectivity index (χ3n) is 3.21. The van der Waals surface area contributed by atoms with E-state index in [9.17, 15) is 8.42 Å². The van der Waals surface area contributed by atoms with Crippen molar-refractivity contribution >= 4 is 21.6 Å². The summed E-state index contributed by atoms with van der Waals surface area (Å²) < 4.78 is 27.2. The van der Waals surface area contributed by atoms with Crippen LogP contribution in [-0.4, -0.2) is 15.0 Å². The number of benzene rings is 2. The number of sulfonamides is 1. The molecular weight excluding hydrogens is 306 g/mol. The number of halogens is 1. The molecular formula is C16H18ClNO2S. The van der Waals surface area contributed by atoms with Gasteiger partial charge in [0.25, 0.3) is 0 Å². The highest BCUT2D eigenvalue weighted by atomic mass is 35.5. The lowest BCUT2D eigenvalue weighted by molar-refractivity contribution is 0.581. The predicted octanol–water partition coefficient (Wildman–Crippen LogP) is 3.48. The van der Waals surface area contributed by atoms with E-state index >= 15 is 0 Å². The highest BCUT2D eigenvalue weighted by Crippen LogP contribution is 2.16. The van der Waals surface area contributed by atoms with Crippen LogP contribution in [-0.2, 0) is 16.4 Å². The lowest BCUT2D eigenvalue weighted by Crippen LogP contribution is -2.26. The maximum atomic E-state index is 12.3. The van der Waals surface area contributed by atoms with Crippen LogP contribution in [0.5, 0.6) is 0 Å². The van der Waals surface area contributed by atoms with Gasteiger partial charge in [-0.2, -0.15) is 0 Å². The first kappa shape index (κ1) is 16.0. The second-order valence-corrected chi connectivity index (χ2v) is 7.22. The monoisotopic (exact) mass is 323 g/mol. The Balaban J connectivity index is 2.05. The fraction of sp³-hybridized carbons (Fsp3) is 0.250. The molecule has 0 heterocycles. The van der Waals surface area contributed by atoms with Crippen LogP contribution in [0.15, 0.2) is 47.4 Å². The van der Waals surface area contributed by atoms with Crippen molar-refractivity contribution in [1.82, 2.24) is 4.72 Å². The van der Waals surface area contributed by atoms with Crippen molar-refractivity contribution in [3.05, 3.63) is 64.2 Å². The second-order valence-electron chi connectivity index (χ2n) is 5.05. The predicted molar refractivity (Wildman–Crippen MR) is 86.3 cm³/mol. The smallest absolute Gasteiger partial charge is 0.211 e. The first-order valence-electron chi connectivity index (χ1n) is 6.70. The highest BCUT2D eigenvalue weighted by molar-refractivity contribution is 7.89. The van der Waals surface area contributed by atoms with Gasteiger partial charge in [-0.05, 0) is 49.6 Å². The molecule has 2 aromatic carbocycles. The Bertz CT molecular complexity index is 742. The zero-order valence-electron chi connectivity index (χ0n) is 12.1. The summed E-state index contributed by atoms with van der Waals surface area (Å²) in [5.74, 6) is 0. The Hall–Kier alpha value is -1.36. The zero-order valence-corrected chi connectivity index (χ0v) is 13.6. The quantitative estimate of drug-likeness (QED) is 0.915. The lowest BCUT2D eigenvalue weighted by Gasteiger charge is -2.10. The van der Waals surface area contributed by atoms with E-state index in [0.717, 1.165) is 16.7 Å². The summed E-state index contributed by atoms with van der Waals surface area (Å²) in [5, 5.41) is 0.657. The summed E-state index contributed by atoms with van der Waals surface area (Å²) in [5.41, 5.74) is 2.81. The molecule has 0 bridgehead atoms. The molecule has 3 nitrogen and oxygen atoms in total. The molecule has 112 valence electrons. The number of hydrogen-bond acceptors (Lipinski definition) is 2. The average molecular weight is 324 g/mol. The fourth-order valence-electron chi connectivity index (χ4n) is 2.20. The van der Waals surface area contributed by atoms with Gasteiger partial charge in [0.05, 0.1) is 4.90 Å². The normalized spacial score (nSPS) is 11.6. The minimum atomic E-state index is -3.47. The van der Waals surface area contributed by atoms with Gasteiger partial charge in [-0.25, -0.2) is 13.1 Å². The van der Waals surface area contributed by atoms with Crippen molar-refractivity contribution in [2.45, 2.75) is 25.2 Å². The molecule has 2 rings (SSSR count). The van der Waals surface area contributed by atoms with E-state index in [1.165, 1.54) is 0 Å². The van der Waals surface area contributed by atoms with E-state index in [0.29, 0.717) is 22.9 Å². The molecule has 1 N–H and O–H groups in total. The van der Waals surface area contributed by atoms with Crippen molar-refractivity contribution < 1.29 is 8.42 Å². The first-order valence-corrected chi connectivity index (χ1v) is 8.56. The Labute approximate surface area is 131 Å². The minimum absolute atomic E-state index is 0.333.